The lowest BCUT2D eigenvalue weighted by molar-refractivity contribution is 0.0691. The van der Waals surface area contributed by atoms with E-state index in [0.717, 1.165) is 11.5 Å². The molecule has 6 heteroatoms. The van der Waals surface area contributed by atoms with Crippen molar-refractivity contribution in [2.75, 3.05) is 18.1 Å². The van der Waals surface area contributed by atoms with Gasteiger partial charge < -0.3 is 10.4 Å². The molecule has 0 aliphatic carbocycles. The zero-order chi connectivity index (χ0) is 13.5. The lowest BCUT2D eigenvalue weighted by Crippen LogP contribution is -2.28. The average molecular weight is 379 g/mol. The summed E-state index contributed by atoms with van der Waals surface area (Å²) in [5, 5.41) is 11.8. The molecule has 1 amide bonds. The first-order valence-electron chi connectivity index (χ1n) is 5.45. The van der Waals surface area contributed by atoms with Crippen molar-refractivity contribution in [3.05, 3.63) is 32.9 Å². The van der Waals surface area contributed by atoms with Crippen LogP contribution in [-0.4, -0.2) is 35.0 Å². The van der Waals surface area contributed by atoms with Crippen LogP contribution in [-0.2, 0) is 0 Å². The smallest absolute Gasteiger partial charge is 0.336 e. The van der Waals surface area contributed by atoms with Gasteiger partial charge in [-0.1, -0.05) is 13.0 Å². The maximum absolute atomic E-state index is 12.0. The van der Waals surface area contributed by atoms with Gasteiger partial charge >= 0.3 is 5.97 Å². The number of benzene rings is 1. The van der Waals surface area contributed by atoms with Crippen LogP contribution in [0, 0.1) is 3.57 Å². The van der Waals surface area contributed by atoms with Crippen LogP contribution in [0.1, 0.15) is 27.6 Å². The number of carbonyl (C=O) groups excluding carboxylic acids is 1. The van der Waals surface area contributed by atoms with Gasteiger partial charge in [-0.15, -0.1) is 0 Å². The molecule has 0 atom stereocenters. The molecule has 0 heterocycles. The van der Waals surface area contributed by atoms with Crippen LogP contribution in [0.4, 0.5) is 0 Å². The number of rotatable bonds is 6. The Balaban J connectivity index is 2.81. The number of aromatic carboxylic acids is 1. The average Bonchev–Trinajstić information content (AvgIpc) is 2.34. The van der Waals surface area contributed by atoms with Gasteiger partial charge in [-0.3, -0.25) is 4.79 Å². The van der Waals surface area contributed by atoms with Gasteiger partial charge in [0.05, 0.1) is 11.1 Å². The Labute approximate surface area is 124 Å². The van der Waals surface area contributed by atoms with Crippen LogP contribution in [0.3, 0.4) is 0 Å². The van der Waals surface area contributed by atoms with Gasteiger partial charge in [0, 0.05) is 15.9 Å². The molecule has 0 radical (unpaired) electrons. The number of nitrogens with one attached hydrogen (secondary N) is 1. The predicted octanol–water partition coefficient (Wildman–Crippen LogP) is 2.47. The number of hydrogen-bond acceptors (Lipinski definition) is 3. The molecule has 0 spiro atoms. The molecule has 0 aliphatic rings. The Kier molecular flexibility index (Phi) is 6.48. The first-order valence-corrected chi connectivity index (χ1v) is 7.69. The lowest BCUT2D eigenvalue weighted by Gasteiger charge is -2.09. The second kappa shape index (κ2) is 7.63. The van der Waals surface area contributed by atoms with E-state index in [0.29, 0.717) is 10.1 Å². The number of carboxylic acids is 1. The van der Waals surface area contributed by atoms with Crippen molar-refractivity contribution in [3.63, 3.8) is 0 Å². The first kappa shape index (κ1) is 15.3. The number of carboxylic acid groups (broad SMARTS) is 1. The molecule has 1 aromatic rings. The van der Waals surface area contributed by atoms with Crippen molar-refractivity contribution < 1.29 is 14.7 Å². The molecule has 1 aromatic carbocycles. The van der Waals surface area contributed by atoms with Crippen molar-refractivity contribution >= 4 is 46.2 Å². The monoisotopic (exact) mass is 379 g/mol. The van der Waals surface area contributed by atoms with E-state index in [1.54, 1.807) is 23.9 Å². The summed E-state index contributed by atoms with van der Waals surface area (Å²) in [4.78, 5) is 23.0. The molecule has 0 saturated carbocycles. The fourth-order valence-electron chi connectivity index (χ4n) is 1.40. The molecule has 4 nitrogen and oxygen atoms in total. The second-order valence-electron chi connectivity index (χ2n) is 3.42. The maximum Gasteiger partial charge on any atom is 0.336 e. The van der Waals surface area contributed by atoms with Gasteiger partial charge in [0.1, 0.15) is 0 Å². The number of halogens is 1. The molecular weight excluding hydrogens is 365 g/mol. The summed E-state index contributed by atoms with van der Waals surface area (Å²) in [6.45, 7) is 2.59. The Bertz CT molecular complexity index is 451. The van der Waals surface area contributed by atoms with E-state index >= 15 is 0 Å². The molecule has 18 heavy (non-hydrogen) atoms. The van der Waals surface area contributed by atoms with Crippen LogP contribution in [0.5, 0.6) is 0 Å². The molecule has 0 saturated heterocycles. The van der Waals surface area contributed by atoms with Gasteiger partial charge in [-0.25, -0.2) is 4.79 Å². The molecule has 0 fully saturated rings. The topological polar surface area (TPSA) is 66.4 Å². The van der Waals surface area contributed by atoms with E-state index in [1.807, 2.05) is 22.6 Å². The largest absolute Gasteiger partial charge is 0.478 e. The standard InChI is InChI=1S/C12H14INO3S/c1-2-18-7-6-14-11(15)10-8(12(16)17)4-3-5-9(10)13/h3-5H,2,6-7H2,1H3,(H,14,15)(H,16,17). The van der Waals surface area contributed by atoms with Crippen LogP contribution in [0.25, 0.3) is 0 Å². The highest BCUT2D eigenvalue weighted by Gasteiger charge is 2.18. The third kappa shape index (κ3) is 4.16. The zero-order valence-electron chi connectivity index (χ0n) is 9.90. The SMILES string of the molecule is CCSCCNC(=O)c1c(I)cccc1C(=O)O. The fourth-order valence-corrected chi connectivity index (χ4v) is 2.68. The molecule has 1 rings (SSSR count). The third-order valence-corrected chi connectivity index (χ3v) is 4.01. The minimum atomic E-state index is -1.08. The summed E-state index contributed by atoms with van der Waals surface area (Å²) in [6, 6.07) is 4.80. The van der Waals surface area contributed by atoms with E-state index in [4.69, 9.17) is 5.11 Å². The number of hydrogen-bond donors (Lipinski definition) is 2. The van der Waals surface area contributed by atoms with E-state index < -0.39 is 5.97 Å². The summed E-state index contributed by atoms with van der Waals surface area (Å²) >= 11 is 3.70. The van der Waals surface area contributed by atoms with E-state index in [1.165, 1.54) is 6.07 Å². The molecule has 98 valence electrons. The van der Waals surface area contributed by atoms with Crippen LogP contribution < -0.4 is 5.32 Å². The Morgan fingerprint density at radius 3 is 2.78 bits per heavy atom. The van der Waals surface area contributed by atoms with E-state index in [2.05, 4.69) is 12.2 Å². The summed E-state index contributed by atoms with van der Waals surface area (Å²) < 4.78 is 0.646. The third-order valence-electron chi connectivity index (χ3n) is 2.21. The second-order valence-corrected chi connectivity index (χ2v) is 5.98. The van der Waals surface area contributed by atoms with Crippen molar-refractivity contribution in [2.24, 2.45) is 0 Å². The van der Waals surface area contributed by atoms with Crippen molar-refractivity contribution in [1.82, 2.24) is 5.32 Å². The van der Waals surface area contributed by atoms with Gasteiger partial charge in [0.2, 0.25) is 0 Å². The predicted molar refractivity (Wildman–Crippen MR) is 81.5 cm³/mol. The van der Waals surface area contributed by atoms with Crippen LogP contribution in [0.15, 0.2) is 18.2 Å². The van der Waals surface area contributed by atoms with Crippen LogP contribution in [0.2, 0.25) is 0 Å². The van der Waals surface area contributed by atoms with Crippen LogP contribution >= 0.6 is 34.4 Å². The van der Waals surface area contributed by atoms with E-state index in [9.17, 15) is 9.59 Å². The maximum atomic E-state index is 12.0. The summed E-state index contributed by atoms with van der Waals surface area (Å²) in [5.41, 5.74) is 0.287. The summed E-state index contributed by atoms with van der Waals surface area (Å²) in [5.74, 6) is 0.420. The quantitative estimate of drug-likeness (QED) is 0.589. The van der Waals surface area contributed by atoms with E-state index in [-0.39, 0.29) is 17.0 Å². The fraction of sp³-hybridized carbons (Fsp3) is 0.333. The molecule has 0 bridgehead atoms. The highest BCUT2D eigenvalue weighted by atomic mass is 127. The summed E-state index contributed by atoms with van der Waals surface area (Å²) in [6.07, 6.45) is 0. The number of thioether (sulfide) groups is 1. The molecule has 0 unspecified atom stereocenters. The molecule has 0 aromatic heterocycles. The Morgan fingerprint density at radius 2 is 2.17 bits per heavy atom. The number of amides is 1. The lowest BCUT2D eigenvalue weighted by atomic mass is 10.1. The Hall–Kier alpha value is -0.760. The minimum absolute atomic E-state index is 0.0440. The first-order chi connectivity index (χ1) is 8.57. The normalized spacial score (nSPS) is 10.1. The number of carbonyl (C=O) groups is 2. The highest BCUT2D eigenvalue weighted by Crippen LogP contribution is 2.17. The zero-order valence-corrected chi connectivity index (χ0v) is 12.9. The van der Waals surface area contributed by atoms with Crippen molar-refractivity contribution in [3.8, 4) is 0 Å². The molecule has 2 N–H and O–H groups in total. The minimum Gasteiger partial charge on any atom is -0.478 e. The van der Waals surface area contributed by atoms with Gasteiger partial charge in [0.15, 0.2) is 0 Å². The Morgan fingerprint density at radius 1 is 1.44 bits per heavy atom. The van der Waals surface area contributed by atoms with Gasteiger partial charge in [-0.2, -0.15) is 11.8 Å². The molecule has 0 aliphatic heterocycles. The highest BCUT2D eigenvalue weighted by molar-refractivity contribution is 14.1. The van der Waals surface area contributed by atoms with Gasteiger partial charge in [-0.05, 0) is 40.5 Å². The van der Waals surface area contributed by atoms with Crippen molar-refractivity contribution in [1.29, 1.82) is 0 Å². The summed E-state index contributed by atoms with van der Waals surface area (Å²) in [7, 11) is 0. The molecular formula is C12H14INO3S. The van der Waals surface area contributed by atoms with Crippen molar-refractivity contribution in [2.45, 2.75) is 6.92 Å². The van der Waals surface area contributed by atoms with Gasteiger partial charge in [0.25, 0.3) is 5.91 Å².